The quantitative estimate of drug-likeness (QED) is 0.834. The summed E-state index contributed by atoms with van der Waals surface area (Å²) >= 11 is 0. The van der Waals surface area contributed by atoms with Crippen molar-refractivity contribution in [2.75, 3.05) is 13.1 Å². The highest BCUT2D eigenvalue weighted by Gasteiger charge is 2.45. The van der Waals surface area contributed by atoms with E-state index in [9.17, 15) is 0 Å². The molecule has 1 saturated carbocycles. The highest BCUT2D eigenvalue weighted by Crippen LogP contribution is 2.42. The molecule has 1 atom stereocenters. The number of ether oxygens (including phenoxy) is 1. The number of morpholine rings is 1. The summed E-state index contributed by atoms with van der Waals surface area (Å²) < 4.78 is 6.67. The zero-order valence-electron chi connectivity index (χ0n) is 12.1. The topological polar surface area (TPSA) is 21.3 Å². The number of hydrogen-bond acceptors (Lipinski definition) is 2. The molecule has 1 saturated heterocycles. The fourth-order valence-electron chi connectivity index (χ4n) is 3.60. The van der Waals surface area contributed by atoms with Gasteiger partial charge in [0.05, 0.1) is 5.60 Å². The Morgan fingerprint density at radius 3 is 2.47 bits per heavy atom. The van der Waals surface area contributed by atoms with E-state index in [1.165, 1.54) is 31.2 Å². The third kappa shape index (κ3) is 2.56. The van der Waals surface area contributed by atoms with Gasteiger partial charge in [-0.15, -0.1) is 0 Å². The van der Waals surface area contributed by atoms with Crippen LogP contribution in [0.5, 0.6) is 0 Å². The maximum Gasteiger partial charge on any atom is 0.103 e. The lowest BCUT2D eigenvalue weighted by molar-refractivity contribution is -0.191. The summed E-state index contributed by atoms with van der Waals surface area (Å²) in [7, 11) is 0. The van der Waals surface area contributed by atoms with Crippen LogP contribution in [0.4, 0.5) is 0 Å². The Bertz CT molecular complexity index is 422. The Balaban J connectivity index is 1.81. The Morgan fingerprint density at radius 2 is 1.79 bits per heavy atom. The molecule has 1 aromatic carbocycles. The standard InChI is InChI=1S/C17H25NO/c1-14-8-10-17(11-9-14)13-18-12-16(2,19-17)15-6-4-3-5-7-15/h3-7,14,18H,8-13H2,1-2H3. The van der Waals surface area contributed by atoms with E-state index >= 15 is 0 Å². The van der Waals surface area contributed by atoms with Crippen molar-refractivity contribution < 1.29 is 4.74 Å². The van der Waals surface area contributed by atoms with Gasteiger partial charge in [0, 0.05) is 13.1 Å². The molecule has 104 valence electrons. The average Bonchev–Trinajstić information content (AvgIpc) is 2.44. The lowest BCUT2D eigenvalue weighted by Gasteiger charge is -2.50. The zero-order valence-corrected chi connectivity index (χ0v) is 12.1. The second kappa shape index (κ2) is 4.92. The Morgan fingerprint density at radius 1 is 1.11 bits per heavy atom. The predicted molar refractivity (Wildman–Crippen MR) is 78.1 cm³/mol. The fourth-order valence-corrected chi connectivity index (χ4v) is 3.60. The summed E-state index contributed by atoms with van der Waals surface area (Å²) in [5.41, 5.74) is 1.18. The van der Waals surface area contributed by atoms with Crippen molar-refractivity contribution in [3.05, 3.63) is 35.9 Å². The van der Waals surface area contributed by atoms with E-state index in [1.54, 1.807) is 0 Å². The zero-order chi connectivity index (χ0) is 13.3. The highest BCUT2D eigenvalue weighted by atomic mass is 16.5. The second-order valence-electron chi connectivity index (χ2n) is 6.67. The molecule has 3 rings (SSSR count). The lowest BCUT2D eigenvalue weighted by atomic mass is 9.77. The second-order valence-corrected chi connectivity index (χ2v) is 6.67. The van der Waals surface area contributed by atoms with Gasteiger partial charge in [0.15, 0.2) is 0 Å². The highest BCUT2D eigenvalue weighted by molar-refractivity contribution is 5.23. The van der Waals surface area contributed by atoms with Crippen LogP contribution in [0.2, 0.25) is 0 Å². The average molecular weight is 259 g/mol. The molecule has 2 nitrogen and oxygen atoms in total. The van der Waals surface area contributed by atoms with Gasteiger partial charge < -0.3 is 10.1 Å². The first-order chi connectivity index (χ1) is 9.12. The van der Waals surface area contributed by atoms with Crippen LogP contribution in [0.15, 0.2) is 30.3 Å². The summed E-state index contributed by atoms with van der Waals surface area (Å²) in [5.74, 6) is 0.860. The van der Waals surface area contributed by atoms with Gasteiger partial charge in [0.2, 0.25) is 0 Å². The van der Waals surface area contributed by atoms with E-state index in [1.807, 2.05) is 0 Å². The monoisotopic (exact) mass is 259 g/mol. The molecule has 1 unspecified atom stereocenters. The Hall–Kier alpha value is -0.860. The van der Waals surface area contributed by atoms with E-state index in [2.05, 4.69) is 49.5 Å². The van der Waals surface area contributed by atoms with Crippen LogP contribution in [0.1, 0.15) is 45.1 Å². The molecule has 1 spiro atoms. The number of hydrogen-bond donors (Lipinski definition) is 1. The first-order valence-corrected chi connectivity index (χ1v) is 7.58. The third-order valence-corrected chi connectivity index (χ3v) is 4.92. The Kier molecular flexibility index (Phi) is 3.40. The number of nitrogens with one attached hydrogen (secondary N) is 1. The smallest absolute Gasteiger partial charge is 0.103 e. The molecule has 19 heavy (non-hydrogen) atoms. The number of rotatable bonds is 1. The molecule has 0 bridgehead atoms. The molecule has 0 amide bonds. The molecular weight excluding hydrogens is 234 g/mol. The van der Waals surface area contributed by atoms with Gasteiger partial charge in [0.25, 0.3) is 0 Å². The SMILES string of the molecule is CC1CCC2(CC1)CNCC(C)(c1ccccc1)O2. The van der Waals surface area contributed by atoms with E-state index < -0.39 is 0 Å². The van der Waals surface area contributed by atoms with Crippen LogP contribution in [0, 0.1) is 5.92 Å². The molecule has 2 aliphatic rings. The Labute approximate surface area is 116 Å². The summed E-state index contributed by atoms with van der Waals surface area (Å²) in [6.07, 6.45) is 4.99. The molecule has 0 radical (unpaired) electrons. The van der Waals surface area contributed by atoms with Crippen molar-refractivity contribution in [1.29, 1.82) is 0 Å². The molecule has 1 aromatic rings. The van der Waals surface area contributed by atoms with Gasteiger partial charge in [-0.3, -0.25) is 0 Å². The van der Waals surface area contributed by atoms with Crippen LogP contribution in [-0.2, 0) is 10.3 Å². The van der Waals surface area contributed by atoms with Gasteiger partial charge in [-0.2, -0.15) is 0 Å². The summed E-state index contributed by atoms with van der Waals surface area (Å²) in [6, 6.07) is 10.7. The van der Waals surface area contributed by atoms with Crippen molar-refractivity contribution in [2.24, 2.45) is 5.92 Å². The number of benzene rings is 1. The molecule has 1 aliphatic heterocycles. The summed E-state index contributed by atoms with van der Waals surface area (Å²) in [4.78, 5) is 0. The predicted octanol–water partition coefficient (Wildman–Crippen LogP) is 3.47. The molecule has 2 fully saturated rings. The van der Waals surface area contributed by atoms with Crippen molar-refractivity contribution in [3.63, 3.8) is 0 Å². The molecular formula is C17H25NO. The van der Waals surface area contributed by atoms with E-state index in [0.717, 1.165) is 19.0 Å². The van der Waals surface area contributed by atoms with E-state index in [0.29, 0.717) is 0 Å². The van der Waals surface area contributed by atoms with Crippen LogP contribution in [0.25, 0.3) is 0 Å². The van der Waals surface area contributed by atoms with Crippen LogP contribution >= 0.6 is 0 Å². The molecule has 0 aromatic heterocycles. The van der Waals surface area contributed by atoms with Crippen molar-refractivity contribution in [1.82, 2.24) is 5.32 Å². The minimum Gasteiger partial charge on any atom is -0.361 e. The maximum absolute atomic E-state index is 6.67. The molecule has 1 heterocycles. The fraction of sp³-hybridized carbons (Fsp3) is 0.647. The van der Waals surface area contributed by atoms with Gasteiger partial charge in [0.1, 0.15) is 5.60 Å². The first kappa shape index (κ1) is 13.1. The minimum absolute atomic E-state index is 0.0648. The van der Waals surface area contributed by atoms with Gasteiger partial charge in [-0.25, -0.2) is 0 Å². The molecule has 2 heteroatoms. The third-order valence-electron chi connectivity index (χ3n) is 4.92. The van der Waals surface area contributed by atoms with Gasteiger partial charge in [-0.05, 0) is 44.1 Å². The minimum atomic E-state index is -0.180. The van der Waals surface area contributed by atoms with E-state index in [4.69, 9.17) is 4.74 Å². The maximum atomic E-state index is 6.67. The van der Waals surface area contributed by atoms with Crippen LogP contribution in [0.3, 0.4) is 0 Å². The molecule has 1 aliphatic carbocycles. The van der Waals surface area contributed by atoms with Crippen molar-refractivity contribution >= 4 is 0 Å². The summed E-state index contributed by atoms with van der Waals surface area (Å²) in [6.45, 7) is 6.52. The first-order valence-electron chi connectivity index (χ1n) is 7.58. The molecule has 1 N–H and O–H groups in total. The van der Waals surface area contributed by atoms with Gasteiger partial charge >= 0.3 is 0 Å². The van der Waals surface area contributed by atoms with E-state index in [-0.39, 0.29) is 11.2 Å². The van der Waals surface area contributed by atoms with Gasteiger partial charge in [-0.1, -0.05) is 37.3 Å². The van der Waals surface area contributed by atoms with Crippen molar-refractivity contribution in [2.45, 2.75) is 50.7 Å². The van der Waals surface area contributed by atoms with Crippen LogP contribution < -0.4 is 5.32 Å². The largest absolute Gasteiger partial charge is 0.361 e. The van der Waals surface area contributed by atoms with Crippen LogP contribution in [-0.4, -0.2) is 18.7 Å². The lowest BCUT2D eigenvalue weighted by Crippen LogP contribution is -2.58. The normalized spacial score (nSPS) is 39.4. The van der Waals surface area contributed by atoms with Crippen molar-refractivity contribution in [3.8, 4) is 0 Å². The summed E-state index contributed by atoms with van der Waals surface area (Å²) in [5, 5.41) is 3.62.